The zero-order valence-corrected chi connectivity index (χ0v) is 17.3. The van der Waals surface area contributed by atoms with Crippen LogP contribution in [0.25, 0.3) is 0 Å². The highest BCUT2D eigenvalue weighted by Gasteiger charge is 2.26. The molecule has 0 radical (unpaired) electrons. The van der Waals surface area contributed by atoms with E-state index in [-0.39, 0.29) is 30.2 Å². The number of benzene rings is 3. The van der Waals surface area contributed by atoms with Crippen molar-refractivity contribution in [3.8, 4) is 11.5 Å². The standard InChI is InChI=1S/C24H19N5O4/c30-29(31)22-23(27-18-11-12-19-20(13-18)33-15-32-19)25-14-26-24(22)28-21(16-7-3-1-4-8-16)17-9-5-2-6-10-17/h1-14,21H,15H2,(H2,25,26,27,28). The van der Waals surface area contributed by atoms with Crippen LogP contribution in [-0.4, -0.2) is 21.7 Å². The monoisotopic (exact) mass is 441 g/mol. The third-order valence-electron chi connectivity index (χ3n) is 5.19. The molecule has 2 heterocycles. The Hall–Kier alpha value is -4.66. The molecule has 4 aromatic rings. The number of ether oxygens (including phenoxy) is 2. The van der Waals surface area contributed by atoms with Gasteiger partial charge in [-0.3, -0.25) is 10.1 Å². The third kappa shape index (κ3) is 4.24. The Morgan fingerprint density at radius 1 is 0.848 bits per heavy atom. The van der Waals surface area contributed by atoms with Crippen LogP contribution in [-0.2, 0) is 0 Å². The van der Waals surface area contributed by atoms with Gasteiger partial charge in [0.25, 0.3) is 0 Å². The lowest BCUT2D eigenvalue weighted by atomic mass is 9.99. The first kappa shape index (κ1) is 20.3. The first-order chi connectivity index (χ1) is 16.2. The molecule has 0 fully saturated rings. The van der Waals surface area contributed by atoms with Crippen LogP contribution in [0.1, 0.15) is 17.2 Å². The summed E-state index contributed by atoms with van der Waals surface area (Å²) >= 11 is 0. The summed E-state index contributed by atoms with van der Waals surface area (Å²) in [7, 11) is 0. The predicted molar refractivity (Wildman–Crippen MR) is 123 cm³/mol. The van der Waals surface area contributed by atoms with Gasteiger partial charge in [-0.1, -0.05) is 60.7 Å². The molecule has 3 aromatic carbocycles. The molecule has 2 N–H and O–H groups in total. The van der Waals surface area contributed by atoms with E-state index in [4.69, 9.17) is 9.47 Å². The predicted octanol–water partition coefficient (Wildman–Crippen LogP) is 5.06. The van der Waals surface area contributed by atoms with E-state index in [9.17, 15) is 10.1 Å². The first-order valence-electron chi connectivity index (χ1n) is 10.2. The number of hydrogen-bond donors (Lipinski definition) is 2. The summed E-state index contributed by atoms with van der Waals surface area (Å²) < 4.78 is 10.7. The van der Waals surface area contributed by atoms with Crippen LogP contribution < -0.4 is 20.1 Å². The van der Waals surface area contributed by atoms with E-state index in [1.807, 2.05) is 60.7 Å². The van der Waals surface area contributed by atoms with Gasteiger partial charge in [0, 0.05) is 11.8 Å². The number of nitrogens with one attached hydrogen (secondary N) is 2. The zero-order valence-electron chi connectivity index (χ0n) is 17.3. The lowest BCUT2D eigenvalue weighted by molar-refractivity contribution is -0.383. The van der Waals surface area contributed by atoms with Gasteiger partial charge < -0.3 is 20.1 Å². The van der Waals surface area contributed by atoms with E-state index in [1.165, 1.54) is 6.33 Å². The van der Waals surface area contributed by atoms with Crippen molar-refractivity contribution in [1.29, 1.82) is 0 Å². The maximum Gasteiger partial charge on any atom is 0.353 e. The summed E-state index contributed by atoms with van der Waals surface area (Å²) in [6.45, 7) is 0.140. The average Bonchev–Trinajstić information content (AvgIpc) is 3.31. The molecule has 0 atom stereocenters. The van der Waals surface area contributed by atoms with Crippen molar-refractivity contribution in [2.24, 2.45) is 0 Å². The molecular weight excluding hydrogens is 422 g/mol. The molecule has 1 aromatic heterocycles. The Balaban J connectivity index is 1.52. The highest BCUT2D eigenvalue weighted by Crippen LogP contribution is 2.38. The average molecular weight is 441 g/mol. The SMILES string of the molecule is O=[N+]([O-])c1c(Nc2ccc3c(c2)OCO3)ncnc1NC(c1ccccc1)c1ccccc1. The summed E-state index contributed by atoms with van der Waals surface area (Å²) in [5.74, 6) is 1.35. The fourth-order valence-corrected chi connectivity index (χ4v) is 3.65. The smallest absolute Gasteiger partial charge is 0.353 e. The van der Waals surface area contributed by atoms with Crippen molar-refractivity contribution in [2.75, 3.05) is 17.4 Å². The number of hydrogen-bond acceptors (Lipinski definition) is 8. The quantitative estimate of drug-likeness (QED) is 0.302. The van der Waals surface area contributed by atoms with Gasteiger partial charge >= 0.3 is 5.69 Å². The molecular formula is C24H19N5O4. The Bertz CT molecular complexity index is 1250. The van der Waals surface area contributed by atoms with Crippen molar-refractivity contribution < 1.29 is 14.4 Å². The van der Waals surface area contributed by atoms with Gasteiger partial charge in [-0.05, 0) is 23.3 Å². The van der Waals surface area contributed by atoms with Gasteiger partial charge in [0.05, 0.1) is 11.0 Å². The minimum atomic E-state index is -0.495. The molecule has 0 aliphatic carbocycles. The molecule has 0 saturated carbocycles. The summed E-state index contributed by atoms with van der Waals surface area (Å²) in [5, 5.41) is 18.3. The lowest BCUT2D eigenvalue weighted by Gasteiger charge is -2.20. The number of anilines is 3. The van der Waals surface area contributed by atoms with Crippen molar-refractivity contribution in [3.05, 3.63) is 106 Å². The summed E-state index contributed by atoms with van der Waals surface area (Å²) in [4.78, 5) is 19.9. The van der Waals surface area contributed by atoms with Gasteiger partial charge in [-0.15, -0.1) is 0 Å². The molecule has 0 saturated heterocycles. The molecule has 0 unspecified atom stereocenters. The largest absolute Gasteiger partial charge is 0.454 e. The number of aromatic nitrogens is 2. The molecule has 0 bridgehead atoms. The molecule has 0 amide bonds. The number of nitrogens with zero attached hydrogens (tertiary/aromatic N) is 3. The van der Waals surface area contributed by atoms with Crippen LogP contribution in [0.4, 0.5) is 23.0 Å². The van der Waals surface area contributed by atoms with E-state index in [1.54, 1.807) is 18.2 Å². The fourth-order valence-electron chi connectivity index (χ4n) is 3.65. The first-order valence-corrected chi connectivity index (χ1v) is 10.2. The summed E-state index contributed by atoms with van der Waals surface area (Å²) in [6, 6.07) is 24.2. The van der Waals surface area contributed by atoms with Crippen molar-refractivity contribution >= 4 is 23.0 Å². The van der Waals surface area contributed by atoms with Crippen LogP contribution in [0.15, 0.2) is 85.2 Å². The second kappa shape index (κ2) is 8.83. The number of rotatable bonds is 7. The zero-order chi connectivity index (χ0) is 22.6. The van der Waals surface area contributed by atoms with Gasteiger partial charge in [-0.2, -0.15) is 0 Å². The van der Waals surface area contributed by atoms with Crippen molar-refractivity contribution in [3.63, 3.8) is 0 Å². The van der Waals surface area contributed by atoms with E-state index < -0.39 is 4.92 Å². The van der Waals surface area contributed by atoms with Crippen LogP contribution in [0, 0.1) is 10.1 Å². The molecule has 9 nitrogen and oxygen atoms in total. The lowest BCUT2D eigenvalue weighted by Crippen LogP contribution is -2.15. The maximum absolute atomic E-state index is 12.1. The highest BCUT2D eigenvalue weighted by atomic mass is 16.7. The fraction of sp³-hybridized carbons (Fsp3) is 0.0833. The third-order valence-corrected chi connectivity index (χ3v) is 5.19. The van der Waals surface area contributed by atoms with E-state index in [2.05, 4.69) is 20.6 Å². The minimum absolute atomic E-state index is 0.0660. The molecule has 5 rings (SSSR count). The Morgan fingerprint density at radius 3 is 2.15 bits per heavy atom. The molecule has 0 spiro atoms. The van der Waals surface area contributed by atoms with Crippen molar-refractivity contribution in [2.45, 2.75) is 6.04 Å². The topological polar surface area (TPSA) is 111 Å². The second-order valence-electron chi connectivity index (χ2n) is 7.27. The van der Waals surface area contributed by atoms with Crippen LogP contribution in [0.2, 0.25) is 0 Å². The van der Waals surface area contributed by atoms with Crippen LogP contribution >= 0.6 is 0 Å². The number of fused-ring (bicyclic) bond motifs is 1. The second-order valence-corrected chi connectivity index (χ2v) is 7.27. The minimum Gasteiger partial charge on any atom is -0.454 e. The van der Waals surface area contributed by atoms with Crippen molar-refractivity contribution in [1.82, 2.24) is 9.97 Å². The van der Waals surface area contributed by atoms with Gasteiger partial charge in [-0.25, -0.2) is 9.97 Å². The Kier molecular flexibility index (Phi) is 5.42. The molecule has 9 heteroatoms. The molecule has 1 aliphatic heterocycles. The number of nitro groups is 1. The Labute approximate surface area is 189 Å². The van der Waals surface area contributed by atoms with Crippen LogP contribution in [0.3, 0.4) is 0 Å². The Morgan fingerprint density at radius 2 is 1.48 bits per heavy atom. The van der Waals surface area contributed by atoms with Gasteiger partial charge in [0.15, 0.2) is 11.5 Å². The van der Waals surface area contributed by atoms with Gasteiger partial charge in [0.2, 0.25) is 18.4 Å². The van der Waals surface area contributed by atoms with Crippen LogP contribution in [0.5, 0.6) is 11.5 Å². The molecule has 33 heavy (non-hydrogen) atoms. The normalized spacial score (nSPS) is 11.9. The van der Waals surface area contributed by atoms with Gasteiger partial charge in [0.1, 0.15) is 6.33 Å². The summed E-state index contributed by atoms with van der Waals surface area (Å²) in [5.41, 5.74) is 2.21. The maximum atomic E-state index is 12.1. The van der Waals surface area contributed by atoms with E-state index in [0.717, 1.165) is 11.1 Å². The molecule has 1 aliphatic rings. The van der Waals surface area contributed by atoms with E-state index in [0.29, 0.717) is 17.2 Å². The summed E-state index contributed by atoms with van der Waals surface area (Å²) in [6.07, 6.45) is 1.29. The molecule has 164 valence electrons. The highest BCUT2D eigenvalue weighted by molar-refractivity contribution is 5.75. The van der Waals surface area contributed by atoms with E-state index >= 15 is 0 Å².